The summed E-state index contributed by atoms with van der Waals surface area (Å²) in [5, 5.41) is 2.84. The molecular weight excluding hydrogens is 490 g/mol. The van der Waals surface area contributed by atoms with Gasteiger partial charge in [0, 0.05) is 36.5 Å². The van der Waals surface area contributed by atoms with Crippen LogP contribution in [0.5, 0.6) is 0 Å². The second-order valence-corrected chi connectivity index (χ2v) is 12.8. The number of amides is 2. The van der Waals surface area contributed by atoms with Gasteiger partial charge in [-0.1, -0.05) is 30.3 Å². The van der Waals surface area contributed by atoms with Crippen LogP contribution in [0.2, 0.25) is 0 Å². The lowest BCUT2D eigenvalue weighted by Crippen LogP contribution is -2.53. The quantitative estimate of drug-likeness (QED) is 0.561. The van der Waals surface area contributed by atoms with Crippen molar-refractivity contribution >= 4 is 21.7 Å². The SMILES string of the molecule is CC(C)N(C)[C@@H]1CC[C@H](N2CC[C@H](NC(=O)c3cncc(-c4ccccc4)n3)C2=O)[C@H](CS(C)(=O)=O)C1. The zero-order chi connectivity index (χ0) is 26.7. The van der Waals surface area contributed by atoms with E-state index in [1.165, 1.54) is 12.5 Å². The monoisotopic (exact) mass is 527 g/mol. The summed E-state index contributed by atoms with van der Waals surface area (Å²) in [5.74, 6) is -0.676. The van der Waals surface area contributed by atoms with Crippen molar-refractivity contribution < 1.29 is 18.0 Å². The van der Waals surface area contributed by atoms with E-state index in [1.807, 2.05) is 30.3 Å². The Morgan fingerprint density at radius 1 is 1.16 bits per heavy atom. The highest BCUT2D eigenvalue weighted by Gasteiger charge is 2.43. The number of rotatable bonds is 8. The van der Waals surface area contributed by atoms with Gasteiger partial charge in [0.2, 0.25) is 5.91 Å². The number of carbonyl (C=O) groups excluding carboxylic acids is 2. The molecule has 2 aliphatic rings. The maximum absolute atomic E-state index is 13.4. The number of nitrogens with one attached hydrogen (secondary N) is 1. The van der Waals surface area contributed by atoms with Crippen molar-refractivity contribution in [2.75, 3.05) is 25.6 Å². The van der Waals surface area contributed by atoms with Gasteiger partial charge >= 0.3 is 0 Å². The largest absolute Gasteiger partial charge is 0.339 e. The van der Waals surface area contributed by atoms with Gasteiger partial charge in [-0.05, 0) is 52.5 Å². The van der Waals surface area contributed by atoms with Crippen LogP contribution in [0.25, 0.3) is 11.3 Å². The minimum absolute atomic E-state index is 0.0583. The Kier molecular flexibility index (Phi) is 8.28. The average Bonchev–Trinajstić information content (AvgIpc) is 3.22. The highest BCUT2D eigenvalue weighted by atomic mass is 32.2. The van der Waals surface area contributed by atoms with Gasteiger partial charge in [0.15, 0.2) is 0 Å². The normalized spacial score (nSPS) is 24.6. The molecule has 200 valence electrons. The summed E-state index contributed by atoms with van der Waals surface area (Å²) in [6.07, 6.45) is 7.13. The lowest BCUT2D eigenvalue weighted by Gasteiger charge is -2.44. The standard InChI is InChI=1S/C27H37N5O4S/c1-18(2)31(3)21-10-11-25(20(14-21)17-37(4,35)36)32-13-12-22(27(32)34)30-26(33)24-16-28-15-23(29-24)19-8-6-5-7-9-19/h5-9,15-16,18,20-22,25H,10-14,17H2,1-4H3,(H,30,33)/t20-,21+,22-,25-/m0/s1. The van der Waals surface area contributed by atoms with Crippen molar-refractivity contribution in [3.63, 3.8) is 0 Å². The van der Waals surface area contributed by atoms with Gasteiger partial charge in [-0.15, -0.1) is 0 Å². The van der Waals surface area contributed by atoms with E-state index in [-0.39, 0.29) is 35.4 Å². The Bertz CT molecular complexity index is 1220. The van der Waals surface area contributed by atoms with Crippen molar-refractivity contribution in [2.24, 2.45) is 5.92 Å². The number of benzene rings is 1. The van der Waals surface area contributed by atoms with Gasteiger partial charge in [-0.3, -0.25) is 14.6 Å². The van der Waals surface area contributed by atoms with Gasteiger partial charge in [-0.25, -0.2) is 13.4 Å². The van der Waals surface area contributed by atoms with Gasteiger partial charge in [0.25, 0.3) is 5.91 Å². The third kappa shape index (κ3) is 6.54. The molecule has 0 unspecified atom stereocenters. The fraction of sp³-hybridized carbons (Fsp3) is 0.556. The molecular formula is C27H37N5O4S. The highest BCUT2D eigenvalue weighted by Crippen LogP contribution is 2.34. The molecule has 1 aromatic heterocycles. The molecule has 1 saturated carbocycles. The highest BCUT2D eigenvalue weighted by molar-refractivity contribution is 7.90. The lowest BCUT2D eigenvalue weighted by atomic mass is 9.81. The fourth-order valence-corrected chi connectivity index (χ4v) is 6.75. The van der Waals surface area contributed by atoms with Crippen LogP contribution in [-0.4, -0.2) is 89.8 Å². The molecule has 37 heavy (non-hydrogen) atoms. The van der Waals surface area contributed by atoms with Crippen LogP contribution in [0.4, 0.5) is 0 Å². The first-order valence-corrected chi connectivity index (χ1v) is 15.0. The smallest absolute Gasteiger partial charge is 0.272 e. The number of nitrogens with zero attached hydrogens (tertiary/aromatic N) is 4. The number of aromatic nitrogens is 2. The summed E-state index contributed by atoms with van der Waals surface area (Å²) >= 11 is 0. The number of carbonyl (C=O) groups is 2. The van der Waals surface area contributed by atoms with E-state index in [2.05, 4.69) is 41.1 Å². The molecule has 4 atom stereocenters. The summed E-state index contributed by atoms with van der Waals surface area (Å²) < 4.78 is 24.5. The van der Waals surface area contributed by atoms with Crippen LogP contribution in [-0.2, 0) is 14.6 Å². The van der Waals surface area contributed by atoms with Crippen LogP contribution in [0.15, 0.2) is 42.7 Å². The van der Waals surface area contributed by atoms with Crippen LogP contribution in [0, 0.1) is 5.92 Å². The molecule has 2 amide bonds. The van der Waals surface area contributed by atoms with Gasteiger partial charge in [-0.2, -0.15) is 0 Å². The number of hydrogen-bond donors (Lipinski definition) is 1. The Hall–Kier alpha value is -2.85. The molecule has 2 fully saturated rings. The molecule has 4 rings (SSSR count). The molecule has 1 aliphatic carbocycles. The summed E-state index contributed by atoms with van der Waals surface area (Å²) in [6, 6.07) is 9.30. The molecule has 0 spiro atoms. The topological polar surface area (TPSA) is 113 Å². The van der Waals surface area contributed by atoms with Crippen molar-refractivity contribution in [2.45, 2.75) is 63.7 Å². The van der Waals surface area contributed by atoms with Crippen molar-refractivity contribution in [1.29, 1.82) is 0 Å². The third-order valence-corrected chi connectivity index (χ3v) is 8.74. The molecule has 10 heteroatoms. The number of hydrogen-bond acceptors (Lipinski definition) is 7. The Labute approximate surface area is 219 Å². The van der Waals surface area contributed by atoms with Crippen LogP contribution in [0.1, 0.15) is 50.0 Å². The molecule has 1 aliphatic heterocycles. The maximum atomic E-state index is 13.4. The Morgan fingerprint density at radius 2 is 1.89 bits per heavy atom. The maximum Gasteiger partial charge on any atom is 0.272 e. The van der Waals surface area contributed by atoms with Crippen LogP contribution in [0.3, 0.4) is 0 Å². The molecule has 1 aromatic carbocycles. The zero-order valence-corrected chi connectivity index (χ0v) is 22.8. The first-order valence-electron chi connectivity index (χ1n) is 12.9. The summed E-state index contributed by atoms with van der Waals surface area (Å²) in [4.78, 5) is 39.1. The van der Waals surface area contributed by atoms with Crippen molar-refractivity contribution in [1.82, 2.24) is 25.1 Å². The lowest BCUT2D eigenvalue weighted by molar-refractivity contribution is -0.133. The molecule has 2 aromatic rings. The van der Waals surface area contributed by atoms with Crippen molar-refractivity contribution in [3.05, 3.63) is 48.4 Å². The first-order chi connectivity index (χ1) is 17.5. The van der Waals surface area contributed by atoms with E-state index in [4.69, 9.17) is 0 Å². The molecule has 0 radical (unpaired) electrons. The second-order valence-electron chi connectivity index (χ2n) is 10.6. The molecule has 9 nitrogen and oxygen atoms in total. The minimum atomic E-state index is -3.21. The third-order valence-electron chi connectivity index (χ3n) is 7.70. The van der Waals surface area contributed by atoms with Gasteiger partial charge in [0.1, 0.15) is 21.6 Å². The second kappa shape index (κ2) is 11.3. The number of likely N-dealkylation sites (tertiary alicyclic amines) is 1. The van der Waals surface area contributed by atoms with Gasteiger partial charge < -0.3 is 15.1 Å². The van der Waals surface area contributed by atoms with Crippen LogP contribution < -0.4 is 5.32 Å². The predicted molar refractivity (Wildman–Crippen MR) is 143 cm³/mol. The molecule has 0 bridgehead atoms. The minimum Gasteiger partial charge on any atom is -0.339 e. The van der Waals surface area contributed by atoms with Gasteiger partial charge in [0.05, 0.1) is 23.8 Å². The molecule has 2 heterocycles. The summed E-state index contributed by atoms with van der Waals surface area (Å²) in [7, 11) is -1.13. The molecule has 1 N–H and O–H groups in total. The summed E-state index contributed by atoms with van der Waals surface area (Å²) in [6.45, 7) is 4.76. The molecule has 1 saturated heterocycles. The Balaban J connectivity index is 1.45. The average molecular weight is 528 g/mol. The fourth-order valence-electron chi connectivity index (χ4n) is 5.61. The van der Waals surface area contributed by atoms with Crippen molar-refractivity contribution in [3.8, 4) is 11.3 Å². The van der Waals surface area contributed by atoms with E-state index >= 15 is 0 Å². The van der Waals surface area contributed by atoms with Crippen LogP contribution >= 0.6 is 0 Å². The Morgan fingerprint density at radius 3 is 2.57 bits per heavy atom. The first kappa shape index (κ1) is 27.2. The van der Waals surface area contributed by atoms with E-state index in [1.54, 1.807) is 11.1 Å². The summed E-state index contributed by atoms with van der Waals surface area (Å²) in [5.41, 5.74) is 1.59. The van der Waals surface area contributed by atoms with E-state index in [0.717, 1.165) is 24.8 Å². The van der Waals surface area contributed by atoms with E-state index < -0.39 is 21.8 Å². The van der Waals surface area contributed by atoms with E-state index in [0.29, 0.717) is 24.7 Å². The van der Waals surface area contributed by atoms with E-state index in [9.17, 15) is 18.0 Å². The number of sulfone groups is 1. The predicted octanol–water partition coefficient (Wildman–Crippen LogP) is 2.40. The zero-order valence-electron chi connectivity index (χ0n) is 22.0.